The van der Waals surface area contributed by atoms with Crippen molar-refractivity contribution in [2.45, 2.75) is 29.1 Å². The van der Waals surface area contributed by atoms with E-state index in [0.29, 0.717) is 19.2 Å². The average molecular weight is 416 g/mol. The molecule has 10 heteroatoms. The van der Waals surface area contributed by atoms with Crippen molar-refractivity contribution in [3.8, 4) is 0 Å². The summed E-state index contributed by atoms with van der Waals surface area (Å²) in [4.78, 5) is -0.218. The van der Waals surface area contributed by atoms with Crippen molar-refractivity contribution in [1.29, 1.82) is 0 Å². The fourth-order valence-electron chi connectivity index (χ4n) is 2.87. The van der Waals surface area contributed by atoms with E-state index in [9.17, 15) is 25.6 Å². The first kappa shape index (κ1) is 19.7. The molecule has 0 atom stereocenters. The first-order chi connectivity index (χ1) is 12.7. The van der Waals surface area contributed by atoms with Gasteiger partial charge in [-0.05, 0) is 49.2 Å². The molecule has 1 aliphatic heterocycles. The summed E-state index contributed by atoms with van der Waals surface area (Å²) in [6.07, 6.45) is 2.56. The molecule has 1 heterocycles. The molecule has 1 N–H and O–H groups in total. The van der Waals surface area contributed by atoms with Crippen molar-refractivity contribution in [3.63, 3.8) is 0 Å². The van der Waals surface area contributed by atoms with Crippen LogP contribution in [0.4, 0.5) is 14.5 Å². The molecular formula is C17H18F2N2O4S2. The van der Waals surface area contributed by atoms with Crippen LogP contribution in [-0.4, -0.2) is 34.2 Å². The van der Waals surface area contributed by atoms with Gasteiger partial charge in [-0.3, -0.25) is 4.72 Å². The van der Waals surface area contributed by atoms with E-state index < -0.39 is 31.7 Å². The van der Waals surface area contributed by atoms with Crippen LogP contribution >= 0.6 is 0 Å². The van der Waals surface area contributed by atoms with Crippen LogP contribution in [0.15, 0.2) is 52.3 Å². The van der Waals surface area contributed by atoms with E-state index in [-0.39, 0.29) is 15.5 Å². The molecule has 1 fully saturated rings. The zero-order chi connectivity index (χ0) is 19.7. The summed E-state index contributed by atoms with van der Waals surface area (Å²) >= 11 is 0. The lowest BCUT2D eigenvalue weighted by atomic mass is 10.2. The predicted octanol–water partition coefficient (Wildman–Crippen LogP) is 2.94. The molecule has 27 heavy (non-hydrogen) atoms. The second kappa shape index (κ2) is 7.53. The summed E-state index contributed by atoms with van der Waals surface area (Å²) < 4.78 is 79.8. The van der Waals surface area contributed by atoms with Crippen LogP contribution in [0.5, 0.6) is 0 Å². The number of rotatable bonds is 5. The molecular weight excluding hydrogens is 398 g/mol. The van der Waals surface area contributed by atoms with Gasteiger partial charge in [0.1, 0.15) is 11.6 Å². The standard InChI is InChI=1S/C17H18F2N2O4S2/c18-13-10-14(19)12-15(11-13)20-26(22,23)16-4-6-17(7-5-16)27(24,25)21-8-2-1-3-9-21/h4-7,10-12,20H,1-3,8-9H2. The molecule has 0 aliphatic carbocycles. The Balaban J connectivity index is 1.83. The Labute approximate surface area is 156 Å². The van der Waals surface area contributed by atoms with Gasteiger partial charge in [0, 0.05) is 19.2 Å². The molecule has 1 aliphatic rings. The monoisotopic (exact) mass is 416 g/mol. The van der Waals surface area contributed by atoms with Gasteiger partial charge in [0.25, 0.3) is 10.0 Å². The van der Waals surface area contributed by atoms with E-state index in [1.54, 1.807) is 0 Å². The van der Waals surface area contributed by atoms with Crippen LogP contribution in [0, 0.1) is 11.6 Å². The van der Waals surface area contributed by atoms with Crippen molar-refractivity contribution in [2.75, 3.05) is 17.8 Å². The van der Waals surface area contributed by atoms with E-state index in [4.69, 9.17) is 0 Å². The molecule has 0 aromatic heterocycles. The fraction of sp³-hybridized carbons (Fsp3) is 0.294. The highest BCUT2D eigenvalue weighted by Crippen LogP contribution is 2.23. The number of nitrogens with zero attached hydrogens (tertiary/aromatic N) is 1. The Morgan fingerprint density at radius 2 is 1.30 bits per heavy atom. The highest BCUT2D eigenvalue weighted by Gasteiger charge is 2.26. The van der Waals surface area contributed by atoms with E-state index in [0.717, 1.165) is 43.5 Å². The van der Waals surface area contributed by atoms with E-state index >= 15 is 0 Å². The fourth-order valence-corrected chi connectivity index (χ4v) is 5.43. The summed E-state index contributed by atoms with van der Waals surface area (Å²) in [5.74, 6) is -1.84. The lowest BCUT2D eigenvalue weighted by Crippen LogP contribution is -2.35. The highest BCUT2D eigenvalue weighted by atomic mass is 32.2. The summed E-state index contributed by atoms with van der Waals surface area (Å²) in [6.45, 7) is 0.879. The number of nitrogens with one attached hydrogen (secondary N) is 1. The zero-order valence-corrected chi connectivity index (χ0v) is 15.9. The average Bonchev–Trinajstić information content (AvgIpc) is 2.61. The Bertz CT molecular complexity index is 1010. The molecule has 0 spiro atoms. The Kier molecular flexibility index (Phi) is 5.50. The normalized spacial score (nSPS) is 16.2. The van der Waals surface area contributed by atoms with Gasteiger partial charge in [-0.15, -0.1) is 0 Å². The van der Waals surface area contributed by atoms with Crippen molar-refractivity contribution < 1.29 is 25.6 Å². The Hall–Kier alpha value is -2.04. The topological polar surface area (TPSA) is 83.5 Å². The van der Waals surface area contributed by atoms with Crippen LogP contribution < -0.4 is 4.72 Å². The summed E-state index contributed by atoms with van der Waals surface area (Å²) in [5.41, 5.74) is -0.266. The number of benzene rings is 2. The SMILES string of the molecule is O=S(=O)(Nc1cc(F)cc(F)c1)c1ccc(S(=O)(=O)N2CCCCC2)cc1. The van der Waals surface area contributed by atoms with Crippen LogP contribution in [0.2, 0.25) is 0 Å². The van der Waals surface area contributed by atoms with Gasteiger partial charge in [0.15, 0.2) is 0 Å². The third kappa shape index (κ3) is 4.45. The molecule has 6 nitrogen and oxygen atoms in total. The summed E-state index contributed by atoms with van der Waals surface area (Å²) in [6, 6.07) is 7.03. The van der Waals surface area contributed by atoms with Crippen LogP contribution in [0.3, 0.4) is 0 Å². The molecule has 1 saturated heterocycles. The number of sulfonamides is 2. The number of hydrogen-bond donors (Lipinski definition) is 1. The maximum atomic E-state index is 13.2. The molecule has 0 bridgehead atoms. The second-order valence-corrected chi connectivity index (χ2v) is 9.82. The van der Waals surface area contributed by atoms with Crippen LogP contribution in [0.25, 0.3) is 0 Å². The van der Waals surface area contributed by atoms with Gasteiger partial charge in [0.2, 0.25) is 10.0 Å². The summed E-state index contributed by atoms with van der Waals surface area (Å²) in [5, 5.41) is 0. The minimum Gasteiger partial charge on any atom is -0.279 e. The molecule has 2 aromatic rings. The number of halogens is 2. The molecule has 0 radical (unpaired) electrons. The molecule has 0 saturated carbocycles. The van der Waals surface area contributed by atoms with Crippen molar-refractivity contribution in [1.82, 2.24) is 4.31 Å². The van der Waals surface area contributed by atoms with Gasteiger partial charge in [-0.25, -0.2) is 25.6 Å². The van der Waals surface area contributed by atoms with E-state index in [1.165, 1.54) is 16.4 Å². The minimum atomic E-state index is -4.13. The summed E-state index contributed by atoms with van der Waals surface area (Å²) in [7, 11) is -7.80. The van der Waals surface area contributed by atoms with E-state index in [2.05, 4.69) is 4.72 Å². The quantitative estimate of drug-likeness (QED) is 0.812. The lowest BCUT2D eigenvalue weighted by Gasteiger charge is -2.25. The lowest BCUT2D eigenvalue weighted by molar-refractivity contribution is 0.346. The smallest absolute Gasteiger partial charge is 0.261 e. The highest BCUT2D eigenvalue weighted by molar-refractivity contribution is 7.92. The first-order valence-electron chi connectivity index (χ1n) is 8.28. The zero-order valence-electron chi connectivity index (χ0n) is 14.2. The van der Waals surface area contributed by atoms with Gasteiger partial charge in [-0.2, -0.15) is 4.31 Å². The first-order valence-corrected chi connectivity index (χ1v) is 11.2. The maximum Gasteiger partial charge on any atom is 0.261 e. The molecule has 146 valence electrons. The van der Waals surface area contributed by atoms with Crippen LogP contribution in [0.1, 0.15) is 19.3 Å². The second-order valence-electron chi connectivity index (χ2n) is 6.20. The molecule has 3 rings (SSSR count). The van der Waals surface area contributed by atoms with Crippen molar-refractivity contribution in [2.24, 2.45) is 0 Å². The van der Waals surface area contributed by atoms with Crippen molar-refractivity contribution >= 4 is 25.7 Å². The van der Waals surface area contributed by atoms with Gasteiger partial charge >= 0.3 is 0 Å². The molecule has 0 amide bonds. The molecule has 0 unspecified atom stereocenters. The molecule has 2 aromatic carbocycles. The van der Waals surface area contributed by atoms with E-state index in [1.807, 2.05) is 0 Å². The van der Waals surface area contributed by atoms with Crippen molar-refractivity contribution in [3.05, 3.63) is 54.1 Å². The van der Waals surface area contributed by atoms with Gasteiger partial charge in [-0.1, -0.05) is 6.42 Å². The number of piperidine rings is 1. The van der Waals surface area contributed by atoms with Crippen LogP contribution in [-0.2, 0) is 20.0 Å². The number of hydrogen-bond acceptors (Lipinski definition) is 4. The predicted molar refractivity (Wildman–Crippen MR) is 96.2 cm³/mol. The Morgan fingerprint density at radius 1 is 0.778 bits per heavy atom. The third-order valence-corrected chi connectivity index (χ3v) is 7.51. The number of anilines is 1. The minimum absolute atomic E-state index is 0.000139. The van der Waals surface area contributed by atoms with Gasteiger partial charge in [0.05, 0.1) is 15.5 Å². The maximum absolute atomic E-state index is 13.2. The third-order valence-electron chi connectivity index (χ3n) is 4.20. The van der Waals surface area contributed by atoms with Gasteiger partial charge < -0.3 is 0 Å². The largest absolute Gasteiger partial charge is 0.279 e. The Morgan fingerprint density at radius 3 is 1.85 bits per heavy atom.